The van der Waals surface area contributed by atoms with Gasteiger partial charge in [0.2, 0.25) is 5.91 Å². The molecule has 1 fully saturated rings. The number of amides is 3. The van der Waals surface area contributed by atoms with Gasteiger partial charge in [0.15, 0.2) is 5.11 Å². The van der Waals surface area contributed by atoms with Gasteiger partial charge in [-0.1, -0.05) is 25.0 Å². The van der Waals surface area contributed by atoms with Crippen LogP contribution in [0.1, 0.15) is 52.8 Å². The SMILES string of the molecule is O=C(CCN1C(=O)c2ccccc2C1=O)NC(=S)N1CCCCCC1. The van der Waals surface area contributed by atoms with Crippen molar-refractivity contribution in [2.24, 2.45) is 0 Å². The summed E-state index contributed by atoms with van der Waals surface area (Å²) < 4.78 is 0. The number of nitrogens with zero attached hydrogens (tertiary/aromatic N) is 2. The van der Waals surface area contributed by atoms with Gasteiger partial charge in [0.05, 0.1) is 11.1 Å². The summed E-state index contributed by atoms with van der Waals surface area (Å²) >= 11 is 5.31. The number of thiocarbonyl (C=S) groups is 1. The molecule has 1 N–H and O–H groups in total. The third-order valence-electron chi connectivity index (χ3n) is 4.58. The highest BCUT2D eigenvalue weighted by Crippen LogP contribution is 2.22. The summed E-state index contributed by atoms with van der Waals surface area (Å²) in [6.45, 7) is 1.77. The standard InChI is InChI=1S/C18H21N3O3S/c22-15(19-18(25)20-10-5-1-2-6-11-20)9-12-21-16(23)13-7-3-4-8-14(13)17(21)24/h3-4,7-8H,1-2,5-6,9-12H2,(H,19,22,25). The summed E-state index contributed by atoms with van der Waals surface area (Å²) in [5, 5.41) is 3.16. The molecule has 132 valence electrons. The van der Waals surface area contributed by atoms with Gasteiger partial charge in [-0.05, 0) is 37.2 Å². The number of carbonyl (C=O) groups excluding carboxylic acids is 3. The van der Waals surface area contributed by atoms with Crippen LogP contribution >= 0.6 is 12.2 Å². The van der Waals surface area contributed by atoms with Crippen molar-refractivity contribution in [3.63, 3.8) is 0 Å². The highest BCUT2D eigenvalue weighted by molar-refractivity contribution is 7.80. The third-order valence-corrected chi connectivity index (χ3v) is 4.94. The molecule has 25 heavy (non-hydrogen) atoms. The Morgan fingerprint density at radius 3 is 2.12 bits per heavy atom. The zero-order valence-corrected chi connectivity index (χ0v) is 14.8. The fourth-order valence-corrected chi connectivity index (χ4v) is 3.49. The van der Waals surface area contributed by atoms with Crippen molar-refractivity contribution in [2.75, 3.05) is 19.6 Å². The van der Waals surface area contributed by atoms with E-state index in [2.05, 4.69) is 5.32 Å². The van der Waals surface area contributed by atoms with Crippen molar-refractivity contribution in [1.82, 2.24) is 15.1 Å². The van der Waals surface area contributed by atoms with Crippen molar-refractivity contribution in [3.8, 4) is 0 Å². The topological polar surface area (TPSA) is 69.7 Å². The summed E-state index contributed by atoms with van der Waals surface area (Å²) in [5.74, 6) is -0.960. The van der Waals surface area contributed by atoms with E-state index < -0.39 is 0 Å². The maximum atomic E-state index is 12.3. The van der Waals surface area contributed by atoms with Crippen LogP contribution < -0.4 is 5.32 Å². The first-order chi connectivity index (χ1) is 12.1. The lowest BCUT2D eigenvalue weighted by Gasteiger charge is -2.23. The third kappa shape index (κ3) is 3.87. The molecule has 1 aromatic rings. The van der Waals surface area contributed by atoms with Gasteiger partial charge in [0.25, 0.3) is 11.8 Å². The largest absolute Gasteiger partial charge is 0.349 e. The highest BCUT2D eigenvalue weighted by atomic mass is 32.1. The number of benzene rings is 1. The van der Waals surface area contributed by atoms with Crippen LogP contribution in [0, 0.1) is 0 Å². The number of carbonyl (C=O) groups is 3. The Hall–Kier alpha value is -2.28. The molecule has 2 aliphatic heterocycles. The predicted molar refractivity (Wildman–Crippen MR) is 97.2 cm³/mol. The van der Waals surface area contributed by atoms with Gasteiger partial charge in [-0.25, -0.2) is 0 Å². The molecule has 3 rings (SSSR count). The van der Waals surface area contributed by atoms with E-state index in [9.17, 15) is 14.4 Å². The minimum absolute atomic E-state index is 0.0411. The molecule has 0 bridgehead atoms. The van der Waals surface area contributed by atoms with E-state index in [0.29, 0.717) is 16.2 Å². The summed E-state index contributed by atoms with van der Waals surface area (Å²) in [5.41, 5.74) is 0.793. The number of nitrogens with one attached hydrogen (secondary N) is 1. The molecule has 0 unspecified atom stereocenters. The number of hydrogen-bond donors (Lipinski definition) is 1. The number of imide groups is 1. The summed E-state index contributed by atoms with van der Waals surface area (Å²) in [4.78, 5) is 39.8. The molecule has 7 heteroatoms. The molecule has 2 aliphatic rings. The number of likely N-dealkylation sites (tertiary alicyclic amines) is 1. The summed E-state index contributed by atoms with van der Waals surface area (Å²) in [6.07, 6.45) is 4.56. The molecular formula is C18H21N3O3S. The number of fused-ring (bicyclic) bond motifs is 1. The molecule has 0 atom stereocenters. The van der Waals surface area contributed by atoms with E-state index in [1.165, 1.54) is 12.8 Å². The van der Waals surface area contributed by atoms with Gasteiger partial charge in [-0.15, -0.1) is 0 Å². The maximum absolute atomic E-state index is 12.3. The van der Waals surface area contributed by atoms with E-state index in [1.807, 2.05) is 4.90 Å². The second-order valence-electron chi connectivity index (χ2n) is 6.31. The lowest BCUT2D eigenvalue weighted by molar-refractivity contribution is -0.119. The molecule has 0 spiro atoms. The van der Waals surface area contributed by atoms with Crippen LogP contribution in [0.25, 0.3) is 0 Å². The average Bonchev–Trinajstić information content (AvgIpc) is 2.81. The van der Waals surface area contributed by atoms with Crippen LogP contribution in [0.15, 0.2) is 24.3 Å². The monoisotopic (exact) mass is 359 g/mol. The van der Waals surface area contributed by atoms with Crippen LogP contribution in [-0.2, 0) is 4.79 Å². The lowest BCUT2D eigenvalue weighted by atomic mass is 10.1. The maximum Gasteiger partial charge on any atom is 0.261 e. The minimum atomic E-state index is -0.344. The first kappa shape index (κ1) is 17.5. The van der Waals surface area contributed by atoms with E-state index in [0.717, 1.165) is 30.8 Å². The van der Waals surface area contributed by atoms with Crippen molar-refractivity contribution < 1.29 is 14.4 Å². The van der Waals surface area contributed by atoms with Gasteiger partial charge in [0.1, 0.15) is 0 Å². The molecule has 0 radical (unpaired) electrons. The average molecular weight is 359 g/mol. The van der Waals surface area contributed by atoms with Crippen LogP contribution in [-0.4, -0.2) is 52.3 Å². The normalized spacial score (nSPS) is 17.3. The Morgan fingerprint density at radius 1 is 1.00 bits per heavy atom. The van der Waals surface area contributed by atoms with Gasteiger partial charge < -0.3 is 10.2 Å². The Bertz CT molecular complexity index is 676. The molecule has 1 saturated heterocycles. The fourth-order valence-electron chi connectivity index (χ4n) is 3.19. The van der Waals surface area contributed by atoms with Crippen LogP contribution in [0.2, 0.25) is 0 Å². The fraction of sp³-hybridized carbons (Fsp3) is 0.444. The zero-order valence-electron chi connectivity index (χ0n) is 14.0. The first-order valence-electron chi connectivity index (χ1n) is 8.62. The predicted octanol–water partition coefficient (Wildman–Crippen LogP) is 1.95. The van der Waals surface area contributed by atoms with E-state index in [4.69, 9.17) is 12.2 Å². The molecule has 6 nitrogen and oxygen atoms in total. The second-order valence-corrected chi connectivity index (χ2v) is 6.70. The molecule has 0 aliphatic carbocycles. The number of hydrogen-bond acceptors (Lipinski definition) is 4. The lowest BCUT2D eigenvalue weighted by Crippen LogP contribution is -2.44. The quantitative estimate of drug-likeness (QED) is 0.660. The van der Waals surface area contributed by atoms with Crippen LogP contribution in [0.3, 0.4) is 0 Å². The van der Waals surface area contributed by atoms with Gasteiger partial charge in [0, 0.05) is 26.1 Å². The second kappa shape index (κ2) is 7.74. The molecule has 1 aromatic carbocycles. The molecule has 2 heterocycles. The highest BCUT2D eigenvalue weighted by Gasteiger charge is 2.35. The summed E-state index contributed by atoms with van der Waals surface area (Å²) in [7, 11) is 0. The minimum Gasteiger partial charge on any atom is -0.349 e. The zero-order chi connectivity index (χ0) is 17.8. The Morgan fingerprint density at radius 2 is 1.56 bits per heavy atom. The van der Waals surface area contributed by atoms with Crippen LogP contribution in [0.4, 0.5) is 0 Å². The van der Waals surface area contributed by atoms with Gasteiger partial charge >= 0.3 is 0 Å². The molecule has 0 aromatic heterocycles. The number of rotatable bonds is 3. The van der Waals surface area contributed by atoms with E-state index >= 15 is 0 Å². The van der Waals surface area contributed by atoms with Crippen molar-refractivity contribution >= 4 is 35.1 Å². The Labute approximate surface area is 152 Å². The van der Waals surface area contributed by atoms with E-state index in [1.54, 1.807) is 24.3 Å². The van der Waals surface area contributed by atoms with Crippen LogP contribution in [0.5, 0.6) is 0 Å². The Balaban J connectivity index is 1.52. The molecule has 0 saturated carbocycles. The van der Waals surface area contributed by atoms with Crippen molar-refractivity contribution in [3.05, 3.63) is 35.4 Å². The van der Waals surface area contributed by atoms with Crippen molar-refractivity contribution in [1.29, 1.82) is 0 Å². The van der Waals surface area contributed by atoms with Gasteiger partial charge in [-0.3, -0.25) is 19.3 Å². The van der Waals surface area contributed by atoms with Gasteiger partial charge in [-0.2, -0.15) is 0 Å². The summed E-state index contributed by atoms with van der Waals surface area (Å²) in [6, 6.07) is 6.70. The smallest absolute Gasteiger partial charge is 0.261 e. The van der Waals surface area contributed by atoms with Crippen molar-refractivity contribution in [2.45, 2.75) is 32.1 Å². The Kier molecular flexibility index (Phi) is 5.43. The first-order valence-corrected chi connectivity index (χ1v) is 9.03. The molecule has 3 amide bonds. The van der Waals surface area contributed by atoms with E-state index in [-0.39, 0.29) is 30.7 Å². The molecular weight excluding hydrogens is 338 g/mol.